The summed E-state index contributed by atoms with van der Waals surface area (Å²) < 4.78 is 0. The van der Waals surface area contributed by atoms with Gasteiger partial charge in [0.2, 0.25) is 0 Å². The Morgan fingerprint density at radius 2 is 0.688 bits per heavy atom. The Kier molecular flexibility index (Phi) is 8.96. The molecule has 0 radical (unpaired) electrons. The molecule has 2 nitrogen and oxygen atoms in total. The Morgan fingerprint density at radius 1 is 0.273 bits per heavy atom. The molecular weight excluding hydrogens is 929 g/mol. The second-order valence-corrected chi connectivity index (χ2v) is 23.1. The van der Waals surface area contributed by atoms with Gasteiger partial charge in [0.25, 0.3) is 0 Å². The third-order valence-electron chi connectivity index (χ3n) is 18.9. The molecule has 0 saturated heterocycles. The van der Waals surface area contributed by atoms with E-state index in [1.807, 2.05) is 0 Å². The largest absolute Gasteiger partial charge is 0.344 e. The van der Waals surface area contributed by atoms with Gasteiger partial charge in [0.1, 0.15) is 0 Å². The minimum Gasteiger partial charge on any atom is -0.344 e. The molecule has 0 amide bonds. The standard InChI is InChI=1S/C75H56N2/c1-73(2)61-35-13-15-40-66(61)76(5)71-53(30-19-38-64(71)73)47-26-17-28-50-57(47)44-58-48(54-31-20-39-65-72(54)77(6)67-41-16-14-36-62(67)74(65,3)4)27-18-29-51(58)68(50)56-32-21-37-63-69(56)55-25-10-12-34-60(55)75(63)59-33-11-9-24-49(59)52-43-42-45-22-7-8-23-46(45)70(52)75/h7-44H,1-6H3. The Labute approximate surface area is 451 Å². The number of fused-ring (bicyclic) bond motifs is 18. The van der Waals surface area contributed by atoms with Crippen LogP contribution in [0, 0.1) is 0 Å². The van der Waals surface area contributed by atoms with E-state index < -0.39 is 5.41 Å². The topological polar surface area (TPSA) is 6.48 Å². The van der Waals surface area contributed by atoms with E-state index in [2.05, 4.69) is 282 Å². The van der Waals surface area contributed by atoms with Crippen molar-refractivity contribution < 1.29 is 0 Å². The maximum atomic E-state index is 2.55. The smallest absolute Gasteiger partial charge is 0.0731 e. The molecule has 0 aromatic heterocycles. The second kappa shape index (κ2) is 15.6. The Balaban J connectivity index is 1.04. The van der Waals surface area contributed by atoms with Crippen molar-refractivity contribution in [3.63, 3.8) is 0 Å². The van der Waals surface area contributed by atoms with Crippen LogP contribution in [0.5, 0.6) is 0 Å². The molecule has 1 unspecified atom stereocenters. The number of rotatable bonds is 3. The fraction of sp³-hybridized carbons (Fsp3) is 0.120. The lowest BCUT2D eigenvalue weighted by atomic mass is 9.69. The van der Waals surface area contributed by atoms with Gasteiger partial charge >= 0.3 is 0 Å². The minimum absolute atomic E-state index is 0.203. The average molecular weight is 985 g/mol. The van der Waals surface area contributed by atoms with E-state index in [0.29, 0.717) is 0 Å². The molecule has 16 rings (SSSR count). The first-order valence-corrected chi connectivity index (χ1v) is 27.4. The van der Waals surface area contributed by atoms with E-state index in [9.17, 15) is 0 Å². The van der Waals surface area contributed by atoms with Crippen LogP contribution in [0.25, 0.3) is 88.0 Å². The third-order valence-corrected chi connectivity index (χ3v) is 18.9. The van der Waals surface area contributed by atoms with Crippen LogP contribution in [0.3, 0.4) is 0 Å². The fourth-order valence-corrected chi connectivity index (χ4v) is 15.5. The van der Waals surface area contributed by atoms with Crippen LogP contribution in [-0.2, 0) is 16.2 Å². The number of benzene rings is 12. The summed E-state index contributed by atoms with van der Waals surface area (Å²) in [6.07, 6.45) is 0. The molecule has 2 heterocycles. The molecule has 0 bridgehead atoms. The van der Waals surface area contributed by atoms with Gasteiger partial charge in [0, 0.05) is 47.4 Å². The van der Waals surface area contributed by atoms with E-state index in [-0.39, 0.29) is 10.8 Å². The van der Waals surface area contributed by atoms with E-state index in [1.54, 1.807) is 0 Å². The molecule has 1 spiro atoms. The molecule has 2 aliphatic carbocycles. The molecular formula is C75H56N2. The molecule has 77 heavy (non-hydrogen) atoms. The highest BCUT2D eigenvalue weighted by atomic mass is 15.1. The van der Waals surface area contributed by atoms with Crippen LogP contribution in [0.4, 0.5) is 22.7 Å². The van der Waals surface area contributed by atoms with Gasteiger partial charge in [-0.25, -0.2) is 0 Å². The van der Waals surface area contributed by atoms with Gasteiger partial charge in [-0.05, 0) is 140 Å². The maximum absolute atomic E-state index is 2.55. The molecule has 4 aliphatic rings. The first-order chi connectivity index (χ1) is 37.6. The Bertz CT molecular complexity index is 4400. The van der Waals surface area contributed by atoms with Crippen molar-refractivity contribution >= 4 is 55.1 Å². The van der Waals surface area contributed by atoms with Gasteiger partial charge in [-0.15, -0.1) is 0 Å². The van der Waals surface area contributed by atoms with E-state index >= 15 is 0 Å². The third kappa shape index (κ3) is 5.60. The van der Waals surface area contributed by atoms with Gasteiger partial charge in [0.05, 0.1) is 16.8 Å². The lowest BCUT2D eigenvalue weighted by Gasteiger charge is -2.41. The molecule has 0 saturated carbocycles. The average Bonchev–Trinajstić information content (AvgIpc) is 4.04. The van der Waals surface area contributed by atoms with Crippen molar-refractivity contribution in [1.82, 2.24) is 0 Å². The van der Waals surface area contributed by atoms with Crippen LogP contribution in [0.15, 0.2) is 231 Å². The predicted octanol–water partition coefficient (Wildman–Crippen LogP) is 19.3. The zero-order chi connectivity index (χ0) is 51.7. The summed E-state index contributed by atoms with van der Waals surface area (Å²) >= 11 is 0. The zero-order valence-electron chi connectivity index (χ0n) is 44.3. The van der Waals surface area contributed by atoms with Crippen LogP contribution in [-0.4, -0.2) is 14.1 Å². The van der Waals surface area contributed by atoms with Crippen molar-refractivity contribution in [3.05, 3.63) is 275 Å². The Hall–Kier alpha value is -8.98. The van der Waals surface area contributed by atoms with Gasteiger partial charge in [-0.3, -0.25) is 0 Å². The summed E-state index contributed by atoms with van der Waals surface area (Å²) in [5, 5.41) is 7.55. The van der Waals surface area contributed by atoms with E-state index in [1.165, 1.54) is 155 Å². The highest BCUT2D eigenvalue weighted by Crippen LogP contribution is 2.66. The van der Waals surface area contributed by atoms with Crippen molar-refractivity contribution in [3.8, 4) is 55.6 Å². The quantitative estimate of drug-likeness (QED) is 0.163. The number of nitrogens with zero attached hydrogens (tertiary/aromatic N) is 2. The predicted molar refractivity (Wildman–Crippen MR) is 325 cm³/mol. The SMILES string of the molecule is CN1c2ccccc2C(C)(C)c2cccc(-c3cccc4c(-c5cccc6c5-c5ccccc5C65c6ccccc6-c6ccc7ccccc7c65)c5cccc(-c6cccc7c6N(C)c6ccccc6C7(C)C)c5cc34)c21. The summed E-state index contributed by atoms with van der Waals surface area (Å²) in [4.78, 5) is 4.90. The second-order valence-electron chi connectivity index (χ2n) is 23.1. The zero-order valence-corrected chi connectivity index (χ0v) is 44.3. The van der Waals surface area contributed by atoms with Crippen LogP contribution in [0.2, 0.25) is 0 Å². The highest BCUT2D eigenvalue weighted by molar-refractivity contribution is 6.22. The summed E-state index contributed by atoms with van der Waals surface area (Å²) in [5.74, 6) is 0. The van der Waals surface area contributed by atoms with Crippen LogP contribution in [0.1, 0.15) is 72.2 Å². The maximum Gasteiger partial charge on any atom is 0.0731 e. The molecule has 0 N–H and O–H groups in total. The van der Waals surface area contributed by atoms with E-state index in [4.69, 9.17) is 0 Å². The van der Waals surface area contributed by atoms with Crippen LogP contribution >= 0.6 is 0 Å². The van der Waals surface area contributed by atoms with Gasteiger partial charge < -0.3 is 9.80 Å². The van der Waals surface area contributed by atoms with Crippen molar-refractivity contribution in [2.24, 2.45) is 0 Å². The van der Waals surface area contributed by atoms with E-state index in [0.717, 1.165) is 0 Å². The summed E-state index contributed by atoms with van der Waals surface area (Å²) in [6, 6.07) is 88.3. The van der Waals surface area contributed by atoms with Gasteiger partial charge in [-0.2, -0.15) is 0 Å². The normalized spacial score (nSPS) is 16.6. The minimum atomic E-state index is -0.529. The molecule has 366 valence electrons. The summed E-state index contributed by atoms with van der Waals surface area (Å²) in [7, 11) is 4.52. The molecule has 12 aromatic rings. The molecule has 0 fully saturated rings. The first kappa shape index (κ1) is 44.3. The molecule has 1 atom stereocenters. The number of anilines is 4. The van der Waals surface area contributed by atoms with Gasteiger partial charge in [-0.1, -0.05) is 240 Å². The first-order valence-electron chi connectivity index (χ1n) is 27.4. The summed E-state index contributed by atoms with van der Waals surface area (Å²) in [6.45, 7) is 9.57. The number of hydrogen-bond donors (Lipinski definition) is 0. The van der Waals surface area contributed by atoms with Crippen molar-refractivity contribution in [2.75, 3.05) is 23.9 Å². The number of para-hydroxylation sites is 4. The lowest BCUT2D eigenvalue weighted by Crippen LogP contribution is -2.31. The van der Waals surface area contributed by atoms with Gasteiger partial charge in [0.15, 0.2) is 0 Å². The molecule has 12 aromatic carbocycles. The highest BCUT2D eigenvalue weighted by Gasteiger charge is 2.53. The fourth-order valence-electron chi connectivity index (χ4n) is 15.5. The number of hydrogen-bond acceptors (Lipinski definition) is 2. The molecule has 2 aliphatic heterocycles. The monoisotopic (exact) mass is 984 g/mol. The Morgan fingerprint density at radius 3 is 1.29 bits per heavy atom. The lowest BCUT2D eigenvalue weighted by molar-refractivity contribution is 0.630. The van der Waals surface area contributed by atoms with Crippen molar-refractivity contribution in [1.29, 1.82) is 0 Å². The van der Waals surface area contributed by atoms with Crippen LogP contribution < -0.4 is 9.80 Å². The summed E-state index contributed by atoms with van der Waals surface area (Å²) in [5.41, 5.74) is 27.6. The van der Waals surface area contributed by atoms with Crippen molar-refractivity contribution in [2.45, 2.75) is 43.9 Å². The molecule has 2 heteroatoms.